The van der Waals surface area contributed by atoms with Crippen molar-refractivity contribution in [1.29, 1.82) is 0 Å². The van der Waals surface area contributed by atoms with E-state index in [4.69, 9.17) is 9.97 Å². The van der Waals surface area contributed by atoms with E-state index in [0.29, 0.717) is 0 Å². The van der Waals surface area contributed by atoms with Gasteiger partial charge in [-0.25, -0.2) is 9.97 Å². The molecule has 51 heavy (non-hydrogen) atoms. The minimum atomic E-state index is 0.933. The standard InChI is InChI=1S/C48H29N3/c1-3-10-31-22-33(20-18-29(31)8-1)37-25-39-40-26-38(34-21-19-30-9-2-4-11-32(30)23-34)28-42-46-17-7-15-44(50-46)36-13-5-12-35(24-36)43-14-6-16-45(49-43)41(27-37)47(39)51-48(40)42/h1-28,51H. The minimum absolute atomic E-state index is 0.933. The van der Waals surface area contributed by atoms with Crippen LogP contribution in [0, 0.1) is 0 Å². The summed E-state index contributed by atoms with van der Waals surface area (Å²) in [5.41, 5.74) is 14.8. The molecule has 1 aliphatic rings. The van der Waals surface area contributed by atoms with Gasteiger partial charge in [0.05, 0.1) is 33.8 Å². The molecular formula is C48H29N3. The molecular weight excluding hydrogens is 619 g/mol. The SMILES string of the molecule is c1cc2cc(c1)-c1cccc(n1)-c1cc(-c3ccc4ccccc4c3)cc3c1[nH]c1c(cc(-c4ccc5ccccc5c4)cc13)-c1cccc-2n1. The molecule has 236 valence electrons. The van der Waals surface area contributed by atoms with E-state index in [2.05, 4.69) is 175 Å². The van der Waals surface area contributed by atoms with E-state index < -0.39 is 0 Å². The van der Waals surface area contributed by atoms with Crippen molar-refractivity contribution in [3.63, 3.8) is 0 Å². The fourth-order valence-electron chi connectivity index (χ4n) is 7.91. The second-order valence-electron chi connectivity index (χ2n) is 13.5. The summed E-state index contributed by atoms with van der Waals surface area (Å²) in [7, 11) is 0. The summed E-state index contributed by atoms with van der Waals surface area (Å²) in [4.78, 5) is 14.6. The van der Waals surface area contributed by atoms with Gasteiger partial charge in [0.15, 0.2) is 0 Å². The Hall–Kier alpha value is -6.84. The maximum Gasteiger partial charge on any atom is 0.0730 e. The predicted octanol–water partition coefficient (Wildman–Crippen LogP) is 12.7. The Morgan fingerprint density at radius 2 is 0.745 bits per heavy atom. The van der Waals surface area contributed by atoms with Crippen LogP contribution in [0.5, 0.6) is 0 Å². The largest absolute Gasteiger partial charge is 0.353 e. The van der Waals surface area contributed by atoms with Crippen molar-refractivity contribution in [1.82, 2.24) is 15.0 Å². The molecule has 0 saturated heterocycles. The lowest BCUT2D eigenvalue weighted by atomic mass is 9.93. The summed E-state index contributed by atoms with van der Waals surface area (Å²) in [5, 5.41) is 7.23. The Balaban J connectivity index is 1.28. The average molecular weight is 648 g/mol. The average Bonchev–Trinajstić information content (AvgIpc) is 3.58. The third kappa shape index (κ3) is 4.52. The van der Waals surface area contributed by atoms with Crippen molar-refractivity contribution in [2.24, 2.45) is 0 Å². The Morgan fingerprint density at radius 1 is 0.294 bits per heavy atom. The molecule has 0 atom stereocenters. The van der Waals surface area contributed by atoms with Crippen LogP contribution in [-0.2, 0) is 0 Å². The molecule has 0 unspecified atom stereocenters. The Bertz CT molecular complexity index is 2840. The van der Waals surface area contributed by atoms with Crippen LogP contribution in [0.15, 0.2) is 170 Å². The van der Waals surface area contributed by atoms with E-state index in [-0.39, 0.29) is 0 Å². The van der Waals surface area contributed by atoms with Crippen LogP contribution in [0.4, 0.5) is 0 Å². The summed E-state index contributed by atoms with van der Waals surface area (Å²) >= 11 is 0. The topological polar surface area (TPSA) is 41.6 Å². The molecule has 3 aromatic heterocycles. The van der Waals surface area contributed by atoms with Gasteiger partial charge >= 0.3 is 0 Å². The van der Waals surface area contributed by atoms with Gasteiger partial charge in [0, 0.05) is 33.0 Å². The van der Waals surface area contributed by atoms with Crippen LogP contribution in [-0.4, -0.2) is 15.0 Å². The fraction of sp³-hybridized carbons (Fsp3) is 0. The smallest absolute Gasteiger partial charge is 0.0730 e. The molecule has 11 rings (SSSR count). The van der Waals surface area contributed by atoms with Crippen molar-refractivity contribution in [2.75, 3.05) is 0 Å². The molecule has 0 amide bonds. The second kappa shape index (κ2) is 10.8. The summed E-state index contributed by atoms with van der Waals surface area (Å²) in [6, 6.07) is 61.2. The molecule has 3 heteroatoms. The molecule has 1 aliphatic heterocycles. The minimum Gasteiger partial charge on any atom is -0.353 e. The molecule has 3 nitrogen and oxygen atoms in total. The lowest BCUT2D eigenvalue weighted by molar-refractivity contribution is 1.31. The Labute approximate surface area is 294 Å². The zero-order chi connectivity index (χ0) is 33.5. The molecule has 0 aliphatic carbocycles. The molecule has 8 bridgehead atoms. The number of H-pyrrole nitrogens is 1. The number of aromatic nitrogens is 3. The Kier molecular flexibility index (Phi) is 5.96. The summed E-state index contributed by atoms with van der Waals surface area (Å²) in [6.45, 7) is 0. The van der Waals surface area contributed by atoms with E-state index in [9.17, 15) is 0 Å². The molecule has 0 fully saturated rings. The highest BCUT2D eigenvalue weighted by Gasteiger charge is 2.20. The van der Waals surface area contributed by atoms with Crippen LogP contribution in [0.2, 0.25) is 0 Å². The monoisotopic (exact) mass is 647 g/mol. The second-order valence-corrected chi connectivity index (χ2v) is 13.5. The summed E-state index contributed by atoms with van der Waals surface area (Å²) in [5.74, 6) is 0. The van der Waals surface area contributed by atoms with E-state index in [1.54, 1.807) is 0 Å². The predicted molar refractivity (Wildman–Crippen MR) is 213 cm³/mol. The van der Waals surface area contributed by atoms with Crippen molar-refractivity contribution in [3.05, 3.63) is 170 Å². The molecule has 1 N–H and O–H groups in total. The highest BCUT2D eigenvalue weighted by molar-refractivity contribution is 6.17. The highest BCUT2D eigenvalue weighted by Crippen LogP contribution is 2.43. The number of nitrogens with one attached hydrogen (secondary N) is 1. The molecule has 7 aromatic carbocycles. The third-order valence-corrected chi connectivity index (χ3v) is 10.5. The maximum absolute atomic E-state index is 5.32. The number of hydrogen-bond acceptors (Lipinski definition) is 2. The number of hydrogen-bond donors (Lipinski definition) is 1. The van der Waals surface area contributed by atoms with E-state index >= 15 is 0 Å². The maximum atomic E-state index is 5.32. The van der Waals surface area contributed by atoms with Gasteiger partial charge in [0.1, 0.15) is 0 Å². The van der Waals surface area contributed by atoms with Crippen molar-refractivity contribution < 1.29 is 0 Å². The number of aromatic amines is 1. The number of nitrogens with zero attached hydrogens (tertiary/aromatic N) is 2. The number of rotatable bonds is 2. The lowest BCUT2D eigenvalue weighted by Crippen LogP contribution is -1.93. The van der Waals surface area contributed by atoms with Gasteiger partial charge in [-0.05, 0) is 111 Å². The first-order valence-electron chi connectivity index (χ1n) is 17.4. The number of benzene rings is 7. The lowest BCUT2D eigenvalue weighted by Gasteiger charge is -2.12. The van der Waals surface area contributed by atoms with Gasteiger partial charge in [0.2, 0.25) is 0 Å². The molecule has 0 radical (unpaired) electrons. The Morgan fingerprint density at radius 3 is 1.25 bits per heavy atom. The van der Waals surface area contributed by atoms with Gasteiger partial charge in [-0.3, -0.25) is 0 Å². The number of fused-ring (bicyclic) bond motifs is 13. The third-order valence-electron chi connectivity index (χ3n) is 10.5. The van der Waals surface area contributed by atoms with Gasteiger partial charge in [-0.1, -0.05) is 103 Å². The van der Waals surface area contributed by atoms with Crippen LogP contribution in [0.1, 0.15) is 0 Å². The van der Waals surface area contributed by atoms with E-state index in [1.165, 1.54) is 32.7 Å². The normalized spacial score (nSPS) is 11.9. The van der Waals surface area contributed by atoms with E-state index in [0.717, 1.165) is 78.0 Å². The van der Waals surface area contributed by atoms with Crippen LogP contribution in [0.3, 0.4) is 0 Å². The van der Waals surface area contributed by atoms with Crippen LogP contribution in [0.25, 0.3) is 111 Å². The van der Waals surface area contributed by atoms with Gasteiger partial charge < -0.3 is 4.98 Å². The van der Waals surface area contributed by atoms with Crippen LogP contribution >= 0.6 is 0 Å². The van der Waals surface area contributed by atoms with E-state index in [1.807, 2.05) is 0 Å². The summed E-state index contributed by atoms with van der Waals surface area (Å²) < 4.78 is 0. The fourth-order valence-corrected chi connectivity index (χ4v) is 7.91. The number of pyridine rings is 2. The summed E-state index contributed by atoms with van der Waals surface area (Å²) in [6.07, 6.45) is 0. The molecule has 4 heterocycles. The molecule has 10 aromatic rings. The molecule has 0 spiro atoms. The first kappa shape index (κ1) is 28.0. The van der Waals surface area contributed by atoms with Gasteiger partial charge in [-0.2, -0.15) is 0 Å². The first-order valence-corrected chi connectivity index (χ1v) is 17.4. The van der Waals surface area contributed by atoms with Gasteiger partial charge in [0.25, 0.3) is 0 Å². The van der Waals surface area contributed by atoms with Crippen LogP contribution < -0.4 is 0 Å². The highest BCUT2D eigenvalue weighted by atomic mass is 14.8. The zero-order valence-corrected chi connectivity index (χ0v) is 27.6. The quantitative estimate of drug-likeness (QED) is 0.203. The van der Waals surface area contributed by atoms with Crippen molar-refractivity contribution >= 4 is 43.4 Å². The van der Waals surface area contributed by atoms with Crippen molar-refractivity contribution in [3.8, 4) is 67.3 Å². The van der Waals surface area contributed by atoms with Crippen molar-refractivity contribution in [2.45, 2.75) is 0 Å². The first-order chi connectivity index (χ1) is 25.2. The van der Waals surface area contributed by atoms with Gasteiger partial charge in [-0.15, -0.1) is 0 Å². The molecule has 0 saturated carbocycles. The zero-order valence-electron chi connectivity index (χ0n) is 27.6.